The standard InChI is InChI=1S/C24H28N2O3S/c1-15(2)25-9-5-6-18-12-19(16(3)10-21(18)25)20-11-17(7-8-22(20)29-4)13-26-23(27)14-30-24(26)28/h7-8,10-12,14-15,27H,5-6,9,13H2,1-4H3. The number of aromatic nitrogens is 1. The van der Waals surface area contributed by atoms with E-state index in [4.69, 9.17) is 4.74 Å². The highest BCUT2D eigenvalue weighted by Gasteiger charge is 2.22. The van der Waals surface area contributed by atoms with Crippen LogP contribution in [0, 0.1) is 6.92 Å². The van der Waals surface area contributed by atoms with Crippen molar-refractivity contribution in [1.82, 2.24) is 4.57 Å². The van der Waals surface area contributed by atoms with E-state index in [2.05, 4.69) is 43.9 Å². The molecule has 0 saturated carbocycles. The van der Waals surface area contributed by atoms with E-state index in [1.54, 1.807) is 7.11 Å². The summed E-state index contributed by atoms with van der Waals surface area (Å²) in [4.78, 5) is 14.3. The first-order chi connectivity index (χ1) is 14.4. The summed E-state index contributed by atoms with van der Waals surface area (Å²) in [7, 11) is 1.68. The lowest BCUT2D eigenvalue weighted by Crippen LogP contribution is -2.35. The Kier molecular flexibility index (Phi) is 5.60. The van der Waals surface area contributed by atoms with Crippen molar-refractivity contribution >= 4 is 17.0 Å². The molecule has 0 aliphatic carbocycles. The van der Waals surface area contributed by atoms with E-state index in [0.29, 0.717) is 12.6 Å². The highest BCUT2D eigenvalue weighted by atomic mass is 32.1. The molecule has 0 spiro atoms. The summed E-state index contributed by atoms with van der Waals surface area (Å²) < 4.78 is 7.05. The summed E-state index contributed by atoms with van der Waals surface area (Å²) in [6, 6.07) is 11.0. The summed E-state index contributed by atoms with van der Waals surface area (Å²) in [5, 5.41) is 11.4. The largest absolute Gasteiger partial charge is 0.496 e. The van der Waals surface area contributed by atoms with Crippen molar-refractivity contribution in [2.45, 2.75) is 46.2 Å². The number of methoxy groups -OCH3 is 1. The Balaban J connectivity index is 1.79. The first-order valence-corrected chi connectivity index (χ1v) is 11.2. The third-order valence-electron chi connectivity index (χ3n) is 5.86. The van der Waals surface area contributed by atoms with Crippen LogP contribution in [0.3, 0.4) is 0 Å². The van der Waals surface area contributed by atoms with E-state index in [-0.39, 0.29) is 10.8 Å². The molecule has 0 fully saturated rings. The van der Waals surface area contributed by atoms with Crippen molar-refractivity contribution in [2.24, 2.45) is 0 Å². The van der Waals surface area contributed by atoms with Crippen LogP contribution in [-0.2, 0) is 13.0 Å². The number of anilines is 1. The van der Waals surface area contributed by atoms with Gasteiger partial charge in [0.15, 0.2) is 0 Å². The Morgan fingerprint density at radius 3 is 2.67 bits per heavy atom. The summed E-state index contributed by atoms with van der Waals surface area (Å²) in [6.45, 7) is 8.06. The van der Waals surface area contributed by atoms with Crippen LogP contribution in [0.1, 0.15) is 37.0 Å². The fourth-order valence-corrected chi connectivity index (χ4v) is 4.93. The molecule has 4 rings (SSSR count). The second-order valence-electron chi connectivity index (χ2n) is 8.17. The van der Waals surface area contributed by atoms with Gasteiger partial charge >= 0.3 is 4.87 Å². The third-order valence-corrected chi connectivity index (χ3v) is 6.61. The Labute approximate surface area is 181 Å². The monoisotopic (exact) mass is 424 g/mol. The number of fused-ring (bicyclic) bond motifs is 1. The van der Waals surface area contributed by atoms with Gasteiger partial charge in [-0.1, -0.05) is 17.4 Å². The van der Waals surface area contributed by atoms with Crippen LogP contribution < -0.4 is 14.5 Å². The number of benzene rings is 2. The number of nitrogens with zero attached hydrogens (tertiary/aromatic N) is 2. The van der Waals surface area contributed by atoms with Crippen LogP contribution in [-0.4, -0.2) is 29.4 Å². The van der Waals surface area contributed by atoms with Crippen molar-refractivity contribution in [1.29, 1.82) is 0 Å². The van der Waals surface area contributed by atoms with Gasteiger partial charge in [0.05, 0.1) is 19.0 Å². The lowest BCUT2D eigenvalue weighted by atomic mass is 9.91. The molecule has 3 aromatic rings. The van der Waals surface area contributed by atoms with Gasteiger partial charge in [-0.15, -0.1) is 0 Å². The van der Waals surface area contributed by atoms with Gasteiger partial charge in [-0.3, -0.25) is 9.36 Å². The van der Waals surface area contributed by atoms with E-state index >= 15 is 0 Å². The average Bonchev–Trinajstić information content (AvgIpc) is 3.04. The lowest BCUT2D eigenvalue weighted by molar-refractivity contribution is 0.415. The van der Waals surface area contributed by atoms with E-state index in [9.17, 15) is 9.90 Å². The number of aromatic hydroxyl groups is 1. The maximum Gasteiger partial charge on any atom is 0.310 e. The molecule has 0 atom stereocenters. The van der Waals surface area contributed by atoms with E-state index in [0.717, 1.165) is 53.2 Å². The highest BCUT2D eigenvalue weighted by molar-refractivity contribution is 7.07. The first kappa shape index (κ1) is 20.5. The molecular weight excluding hydrogens is 396 g/mol. The van der Waals surface area contributed by atoms with E-state index in [1.807, 2.05) is 12.1 Å². The summed E-state index contributed by atoms with van der Waals surface area (Å²) in [5.41, 5.74) is 7.02. The molecule has 0 amide bonds. The Morgan fingerprint density at radius 2 is 2.00 bits per heavy atom. The van der Waals surface area contributed by atoms with Crippen LogP contribution in [0.15, 0.2) is 40.5 Å². The Morgan fingerprint density at radius 1 is 1.20 bits per heavy atom. The Bertz CT molecular complexity index is 1130. The Hall–Kier alpha value is -2.73. The third kappa shape index (κ3) is 3.72. The molecule has 1 N–H and O–H groups in total. The SMILES string of the molecule is COc1ccc(Cn2c(O)csc2=O)cc1-c1cc2c(cc1C)N(C(C)C)CCC2. The van der Waals surface area contributed by atoms with Gasteiger partial charge in [-0.25, -0.2) is 0 Å². The van der Waals surface area contributed by atoms with Crippen molar-refractivity contribution < 1.29 is 9.84 Å². The van der Waals surface area contributed by atoms with Gasteiger partial charge in [-0.2, -0.15) is 0 Å². The van der Waals surface area contributed by atoms with Crippen molar-refractivity contribution in [3.63, 3.8) is 0 Å². The number of aryl methyl sites for hydroxylation is 2. The molecule has 1 aliphatic heterocycles. The molecule has 2 aromatic carbocycles. The predicted molar refractivity (Wildman–Crippen MR) is 123 cm³/mol. The molecule has 5 nitrogen and oxygen atoms in total. The van der Waals surface area contributed by atoms with Crippen molar-refractivity contribution in [3.05, 3.63) is 62.1 Å². The fraction of sp³-hybridized carbons (Fsp3) is 0.375. The van der Waals surface area contributed by atoms with Gasteiger partial charge in [0.2, 0.25) is 5.88 Å². The van der Waals surface area contributed by atoms with Crippen LogP contribution >= 0.6 is 11.3 Å². The molecule has 1 aromatic heterocycles. The average molecular weight is 425 g/mol. The number of ether oxygens (including phenoxy) is 1. The van der Waals surface area contributed by atoms with E-state index < -0.39 is 0 Å². The minimum atomic E-state index is -0.163. The van der Waals surface area contributed by atoms with Crippen LogP contribution in [0.4, 0.5) is 5.69 Å². The second kappa shape index (κ2) is 8.19. The first-order valence-electron chi connectivity index (χ1n) is 10.3. The molecule has 158 valence electrons. The normalized spacial score (nSPS) is 13.6. The maximum absolute atomic E-state index is 12.0. The number of hydrogen-bond donors (Lipinski definition) is 1. The fourth-order valence-electron chi connectivity index (χ4n) is 4.31. The molecule has 0 radical (unpaired) electrons. The van der Waals surface area contributed by atoms with Gasteiger partial charge in [0.1, 0.15) is 5.75 Å². The zero-order valence-corrected chi connectivity index (χ0v) is 18.8. The zero-order chi connectivity index (χ0) is 21.4. The number of rotatable bonds is 5. The van der Waals surface area contributed by atoms with Gasteiger partial charge in [0.25, 0.3) is 0 Å². The highest BCUT2D eigenvalue weighted by Crippen LogP contribution is 2.39. The van der Waals surface area contributed by atoms with Gasteiger partial charge < -0.3 is 14.7 Å². The minimum absolute atomic E-state index is 0.00102. The maximum atomic E-state index is 12.0. The zero-order valence-electron chi connectivity index (χ0n) is 17.9. The topological polar surface area (TPSA) is 54.7 Å². The summed E-state index contributed by atoms with van der Waals surface area (Å²) in [5.74, 6) is 0.807. The molecule has 30 heavy (non-hydrogen) atoms. The molecule has 2 heterocycles. The van der Waals surface area contributed by atoms with Crippen LogP contribution in [0.5, 0.6) is 11.6 Å². The van der Waals surface area contributed by atoms with Gasteiger partial charge in [0, 0.05) is 23.8 Å². The predicted octanol–water partition coefficient (Wildman–Crippen LogP) is 4.81. The summed E-state index contributed by atoms with van der Waals surface area (Å²) in [6.07, 6.45) is 2.23. The van der Waals surface area contributed by atoms with Crippen LogP contribution in [0.25, 0.3) is 11.1 Å². The molecule has 6 heteroatoms. The number of thiazole rings is 1. The molecule has 1 aliphatic rings. The molecule has 0 saturated heterocycles. The lowest BCUT2D eigenvalue weighted by Gasteiger charge is -2.35. The summed E-state index contributed by atoms with van der Waals surface area (Å²) >= 11 is 1.01. The van der Waals surface area contributed by atoms with Crippen molar-refractivity contribution in [2.75, 3.05) is 18.6 Å². The molecule has 0 bridgehead atoms. The number of hydrogen-bond acceptors (Lipinski definition) is 5. The van der Waals surface area contributed by atoms with Gasteiger partial charge in [-0.05, 0) is 80.1 Å². The van der Waals surface area contributed by atoms with Crippen LogP contribution in [0.2, 0.25) is 0 Å². The molecular formula is C24H28N2O3S. The molecule has 0 unspecified atom stereocenters. The smallest absolute Gasteiger partial charge is 0.310 e. The van der Waals surface area contributed by atoms with E-state index in [1.165, 1.54) is 26.8 Å². The minimum Gasteiger partial charge on any atom is -0.496 e. The van der Waals surface area contributed by atoms with Crippen molar-refractivity contribution in [3.8, 4) is 22.8 Å². The quantitative estimate of drug-likeness (QED) is 0.639. The second-order valence-corrected chi connectivity index (χ2v) is 8.99.